The summed E-state index contributed by atoms with van der Waals surface area (Å²) in [6.07, 6.45) is 7.79. The van der Waals surface area contributed by atoms with Gasteiger partial charge in [0.1, 0.15) is 5.76 Å². The average molecular weight is 219 g/mol. The fourth-order valence-corrected chi connectivity index (χ4v) is 1.55. The third-order valence-corrected chi connectivity index (χ3v) is 2.42. The van der Waals surface area contributed by atoms with Crippen molar-refractivity contribution in [3.05, 3.63) is 53.6 Å². The quantitative estimate of drug-likeness (QED) is 0.848. The number of nitrogens with two attached hydrogens (primary N) is 1. The van der Waals surface area contributed by atoms with Crippen molar-refractivity contribution >= 4 is 0 Å². The number of hydrogen-bond donors (Lipinski definition) is 1. The van der Waals surface area contributed by atoms with Gasteiger partial charge in [-0.3, -0.25) is 0 Å². The summed E-state index contributed by atoms with van der Waals surface area (Å²) >= 11 is 0. The highest BCUT2D eigenvalue weighted by molar-refractivity contribution is 5.32. The van der Waals surface area contributed by atoms with Gasteiger partial charge in [-0.25, -0.2) is 4.39 Å². The first-order valence-corrected chi connectivity index (χ1v) is 5.32. The topological polar surface area (TPSA) is 35.2 Å². The van der Waals surface area contributed by atoms with Crippen LogP contribution in [0.1, 0.15) is 18.4 Å². The minimum absolute atomic E-state index is 0.245. The molecular formula is C13H14FNO. The molecule has 0 fully saturated rings. The van der Waals surface area contributed by atoms with Gasteiger partial charge < -0.3 is 10.5 Å². The van der Waals surface area contributed by atoms with E-state index in [9.17, 15) is 4.39 Å². The van der Waals surface area contributed by atoms with Crippen LogP contribution in [-0.4, -0.2) is 0 Å². The van der Waals surface area contributed by atoms with Crippen molar-refractivity contribution in [1.29, 1.82) is 0 Å². The first-order valence-electron chi connectivity index (χ1n) is 5.32. The number of hydrogen-bond acceptors (Lipinski definition) is 2. The molecule has 0 bridgehead atoms. The third kappa shape index (κ3) is 2.49. The van der Waals surface area contributed by atoms with Crippen LogP contribution in [0.3, 0.4) is 0 Å². The SMILES string of the molecule is NCc1ccc(OC2=CCCC=C2)c(F)c1. The smallest absolute Gasteiger partial charge is 0.166 e. The zero-order valence-electron chi connectivity index (χ0n) is 8.95. The molecule has 1 aliphatic carbocycles. The van der Waals surface area contributed by atoms with Gasteiger partial charge in [-0.2, -0.15) is 0 Å². The van der Waals surface area contributed by atoms with Gasteiger partial charge >= 0.3 is 0 Å². The molecule has 0 heterocycles. The number of benzene rings is 1. The van der Waals surface area contributed by atoms with E-state index in [-0.39, 0.29) is 11.6 Å². The maximum atomic E-state index is 13.6. The largest absolute Gasteiger partial charge is 0.455 e. The third-order valence-electron chi connectivity index (χ3n) is 2.42. The van der Waals surface area contributed by atoms with Gasteiger partial charge in [-0.05, 0) is 42.7 Å². The molecule has 2 N–H and O–H groups in total. The molecule has 84 valence electrons. The van der Waals surface area contributed by atoms with Gasteiger partial charge in [0, 0.05) is 6.54 Å². The molecule has 2 rings (SSSR count). The summed E-state index contributed by atoms with van der Waals surface area (Å²) in [7, 11) is 0. The highest BCUT2D eigenvalue weighted by atomic mass is 19.1. The van der Waals surface area contributed by atoms with E-state index in [2.05, 4.69) is 0 Å². The minimum atomic E-state index is -0.372. The molecular weight excluding hydrogens is 205 g/mol. The van der Waals surface area contributed by atoms with Crippen molar-refractivity contribution in [3.63, 3.8) is 0 Å². The number of halogens is 1. The molecule has 3 heteroatoms. The van der Waals surface area contributed by atoms with Crippen LogP contribution < -0.4 is 10.5 Å². The lowest BCUT2D eigenvalue weighted by molar-refractivity contribution is 0.407. The Morgan fingerprint density at radius 3 is 2.81 bits per heavy atom. The molecule has 0 aliphatic heterocycles. The van der Waals surface area contributed by atoms with Crippen molar-refractivity contribution in [2.45, 2.75) is 19.4 Å². The second-order valence-electron chi connectivity index (χ2n) is 3.66. The monoisotopic (exact) mass is 219 g/mol. The fraction of sp³-hybridized carbons (Fsp3) is 0.231. The zero-order chi connectivity index (χ0) is 11.4. The van der Waals surface area contributed by atoms with Gasteiger partial charge in [0.15, 0.2) is 11.6 Å². The summed E-state index contributed by atoms with van der Waals surface area (Å²) in [6.45, 7) is 0.333. The molecule has 0 saturated heterocycles. The second-order valence-corrected chi connectivity index (χ2v) is 3.66. The van der Waals surface area contributed by atoms with Crippen molar-refractivity contribution in [3.8, 4) is 5.75 Å². The van der Waals surface area contributed by atoms with Crippen LogP contribution in [0.4, 0.5) is 4.39 Å². The Labute approximate surface area is 94.2 Å². The standard InChI is InChI=1S/C13H14FNO/c14-12-8-10(9-15)6-7-13(12)16-11-4-2-1-3-5-11/h2,4-8H,1,3,9,15H2. The van der Waals surface area contributed by atoms with Crippen LogP contribution in [0.2, 0.25) is 0 Å². The Morgan fingerprint density at radius 1 is 1.31 bits per heavy atom. The highest BCUT2D eigenvalue weighted by Gasteiger charge is 2.06. The summed E-state index contributed by atoms with van der Waals surface area (Å²) in [5, 5.41) is 0. The van der Waals surface area contributed by atoms with Crippen LogP contribution in [0.15, 0.2) is 42.2 Å². The summed E-state index contributed by atoms with van der Waals surface area (Å²) in [5.41, 5.74) is 6.19. The fourth-order valence-electron chi connectivity index (χ4n) is 1.55. The van der Waals surface area contributed by atoms with Crippen LogP contribution in [-0.2, 0) is 6.54 Å². The van der Waals surface area contributed by atoms with Crippen LogP contribution >= 0.6 is 0 Å². The Balaban J connectivity index is 2.15. The average Bonchev–Trinajstić information content (AvgIpc) is 2.33. The van der Waals surface area contributed by atoms with Crippen LogP contribution in [0, 0.1) is 5.82 Å². The first kappa shape index (κ1) is 10.9. The molecule has 0 unspecified atom stereocenters. The number of allylic oxidation sites excluding steroid dienone is 3. The molecule has 1 aliphatic rings. The van der Waals surface area contributed by atoms with E-state index in [4.69, 9.17) is 10.5 Å². The molecule has 0 radical (unpaired) electrons. The first-order chi connectivity index (χ1) is 7.79. The maximum Gasteiger partial charge on any atom is 0.166 e. The molecule has 1 aromatic rings. The van der Waals surface area contributed by atoms with Crippen molar-refractivity contribution < 1.29 is 9.13 Å². The van der Waals surface area contributed by atoms with Crippen molar-refractivity contribution in [1.82, 2.24) is 0 Å². The molecule has 1 aromatic carbocycles. The summed E-state index contributed by atoms with van der Waals surface area (Å²) in [5.74, 6) is 0.573. The zero-order valence-corrected chi connectivity index (χ0v) is 8.95. The Bertz CT molecular complexity index is 438. The summed E-state index contributed by atoms with van der Waals surface area (Å²) in [6, 6.07) is 4.79. The highest BCUT2D eigenvalue weighted by Crippen LogP contribution is 2.22. The minimum Gasteiger partial charge on any atom is -0.455 e. The second kappa shape index (κ2) is 4.94. The van der Waals surface area contributed by atoms with Crippen LogP contribution in [0.5, 0.6) is 5.75 Å². The molecule has 0 saturated carbocycles. The van der Waals surface area contributed by atoms with E-state index >= 15 is 0 Å². The van der Waals surface area contributed by atoms with Gasteiger partial charge in [0.05, 0.1) is 0 Å². The summed E-state index contributed by atoms with van der Waals surface area (Å²) in [4.78, 5) is 0. The van der Waals surface area contributed by atoms with Crippen LogP contribution in [0.25, 0.3) is 0 Å². The van der Waals surface area contributed by atoms with Crippen molar-refractivity contribution in [2.24, 2.45) is 5.73 Å². The van der Waals surface area contributed by atoms with E-state index in [1.165, 1.54) is 6.07 Å². The lowest BCUT2D eigenvalue weighted by Gasteiger charge is -2.10. The van der Waals surface area contributed by atoms with E-state index < -0.39 is 0 Å². The molecule has 0 amide bonds. The molecule has 0 spiro atoms. The number of ether oxygens (including phenoxy) is 1. The normalized spacial score (nSPS) is 14.8. The Hall–Kier alpha value is -1.61. The van der Waals surface area contributed by atoms with E-state index in [0.29, 0.717) is 12.3 Å². The van der Waals surface area contributed by atoms with Gasteiger partial charge in [-0.15, -0.1) is 0 Å². The number of rotatable bonds is 3. The Morgan fingerprint density at radius 2 is 2.19 bits per heavy atom. The molecule has 2 nitrogen and oxygen atoms in total. The van der Waals surface area contributed by atoms with E-state index in [1.807, 2.05) is 18.2 Å². The molecule has 0 atom stereocenters. The predicted molar refractivity (Wildman–Crippen MR) is 61.4 cm³/mol. The van der Waals surface area contributed by atoms with E-state index in [1.54, 1.807) is 12.1 Å². The van der Waals surface area contributed by atoms with Gasteiger partial charge in [0.2, 0.25) is 0 Å². The van der Waals surface area contributed by atoms with Gasteiger partial charge in [0.25, 0.3) is 0 Å². The Kier molecular flexibility index (Phi) is 3.37. The lowest BCUT2D eigenvalue weighted by atomic mass is 10.2. The van der Waals surface area contributed by atoms with Crippen molar-refractivity contribution in [2.75, 3.05) is 0 Å². The summed E-state index contributed by atoms with van der Waals surface area (Å²) < 4.78 is 19.0. The predicted octanol–water partition coefficient (Wildman–Crippen LogP) is 2.90. The van der Waals surface area contributed by atoms with E-state index in [0.717, 1.165) is 18.4 Å². The lowest BCUT2D eigenvalue weighted by Crippen LogP contribution is -2.00. The molecule has 0 aromatic heterocycles. The molecule has 16 heavy (non-hydrogen) atoms. The van der Waals surface area contributed by atoms with Gasteiger partial charge in [-0.1, -0.05) is 12.1 Å². The maximum absolute atomic E-state index is 13.6.